The fraction of sp³-hybridized carbons (Fsp3) is 0.786. The molecule has 1 aliphatic rings. The van der Waals surface area contributed by atoms with Crippen molar-refractivity contribution in [3.63, 3.8) is 0 Å². The van der Waals surface area contributed by atoms with Gasteiger partial charge in [0.25, 0.3) is 0 Å². The first kappa shape index (κ1) is 13.6. The summed E-state index contributed by atoms with van der Waals surface area (Å²) < 4.78 is 7.65. The largest absolute Gasteiger partial charge is 0.388 e. The molecule has 2 heterocycles. The van der Waals surface area contributed by atoms with E-state index in [1.54, 1.807) is 0 Å². The van der Waals surface area contributed by atoms with Crippen LogP contribution in [0.5, 0.6) is 0 Å². The topological polar surface area (TPSA) is 47.3 Å². The minimum atomic E-state index is -0.388. The summed E-state index contributed by atoms with van der Waals surface area (Å²) in [6.07, 6.45) is 4.11. The summed E-state index contributed by atoms with van der Waals surface area (Å²) in [7, 11) is 0. The van der Waals surface area contributed by atoms with Crippen molar-refractivity contribution < 1.29 is 9.84 Å². The molecule has 102 valence electrons. The van der Waals surface area contributed by atoms with Gasteiger partial charge in [0.2, 0.25) is 0 Å². The zero-order valence-corrected chi connectivity index (χ0v) is 11.6. The van der Waals surface area contributed by atoms with E-state index in [0.717, 1.165) is 42.9 Å². The lowest BCUT2D eigenvalue weighted by Crippen LogP contribution is -2.12. The molecule has 0 aromatic carbocycles. The molecule has 2 unspecified atom stereocenters. The Kier molecular flexibility index (Phi) is 4.40. The maximum Gasteiger partial charge on any atom is 0.0823 e. The van der Waals surface area contributed by atoms with E-state index in [4.69, 9.17) is 4.74 Å². The third-order valence-corrected chi connectivity index (χ3v) is 3.84. The van der Waals surface area contributed by atoms with E-state index in [1.807, 2.05) is 25.5 Å². The lowest BCUT2D eigenvalue weighted by molar-refractivity contribution is 0.0992. The van der Waals surface area contributed by atoms with Gasteiger partial charge in [0.05, 0.1) is 17.9 Å². The van der Waals surface area contributed by atoms with Crippen LogP contribution in [0.25, 0.3) is 0 Å². The van der Waals surface area contributed by atoms with Gasteiger partial charge >= 0.3 is 0 Å². The summed E-state index contributed by atoms with van der Waals surface area (Å²) >= 11 is 0. The highest BCUT2D eigenvalue weighted by Gasteiger charge is 2.19. The van der Waals surface area contributed by atoms with Crippen LogP contribution in [0.1, 0.15) is 55.7 Å². The molecule has 1 aromatic heterocycles. The van der Waals surface area contributed by atoms with Gasteiger partial charge in [-0.3, -0.25) is 4.68 Å². The highest BCUT2D eigenvalue weighted by Crippen LogP contribution is 2.24. The van der Waals surface area contributed by atoms with Gasteiger partial charge < -0.3 is 9.84 Å². The first-order valence-corrected chi connectivity index (χ1v) is 6.97. The highest BCUT2D eigenvalue weighted by atomic mass is 16.5. The van der Waals surface area contributed by atoms with Gasteiger partial charge in [-0.25, -0.2) is 0 Å². The first-order chi connectivity index (χ1) is 8.63. The molecule has 18 heavy (non-hydrogen) atoms. The monoisotopic (exact) mass is 252 g/mol. The molecular formula is C14H24N2O2. The Morgan fingerprint density at radius 3 is 2.89 bits per heavy atom. The molecule has 0 amide bonds. The zero-order valence-electron chi connectivity index (χ0n) is 11.6. The van der Waals surface area contributed by atoms with Crippen LogP contribution in [0.4, 0.5) is 0 Å². The van der Waals surface area contributed by atoms with Gasteiger partial charge in [-0.1, -0.05) is 6.92 Å². The van der Waals surface area contributed by atoms with Crippen LogP contribution in [-0.4, -0.2) is 27.6 Å². The van der Waals surface area contributed by atoms with Crippen LogP contribution in [-0.2, 0) is 11.3 Å². The van der Waals surface area contributed by atoms with Crippen LogP contribution in [0, 0.1) is 13.8 Å². The Bertz CT molecular complexity index is 395. The second-order valence-corrected chi connectivity index (χ2v) is 5.16. The molecular weight excluding hydrogens is 228 g/mol. The number of aromatic nitrogens is 2. The molecule has 1 aliphatic heterocycles. The summed E-state index contributed by atoms with van der Waals surface area (Å²) in [4.78, 5) is 0. The fourth-order valence-corrected chi connectivity index (χ4v) is 2.75. The van der Waals surface area contributed by atoms with E-state index in [1.165, 1.54) is 12.8 Å². The number of rotatable bonds is 5. The first-order valence-electron chi connectivity index (χ1n) is 6.97. The molecule has 1 fully saturated rings. The zero-order chi connectivity index (χ0) is 13.1. The SMILES string of the molecule is CCC(O)c1c(C)nn(CCC2CCCO2)c1C. The van der Waals surface area contributed by atoms with Gasteiger partial charge in [0, 0.05) is 24.4 Å². The molecule has 1 saturated heterocycles. The Balaban J connectivity index is 2.04. The van der Waals surface area contributed by atoms with Crippen molar-refractivity contribution in [1.29, 1.82) is 0 Å². The quantitative estimate of drug-likeness (QED) is 0.876. The molecule has 1 N–H and O–H groups in total. The predicted molar refractivity (Wildman–Crippen MR) is 70.5 cm³/mol. The highest BCUT2D eigenvalue weighted by molar-refractivity contribution is 5.26. The van der Waals surface area contributed by atoms with E-state index in [-0.39, 0.29) is 6.10 Å². The minimum Gasteiger partial charge on any atom is -0.388 e. The Morgan fingerprint density at radius 2 is 2.28 bits per heavy atom. The third kappa shape index (κ3) is 2.75. The Labute approximate surface area is 109 Å². The molecule has 1 aromatic rings. The van der Waals surface area contributed by atoms with Crippen molar-refractivity contribution in [2.24, 2.45) is 0 Å². The minimum absolute atomic E-state index is 0.388. The standard InChI is InChI=1S/C14H24N2O2/c1-4-13(17)14-10(2)15-16(11(14)3)8-7-12-6-5-9-18-12/h12-13,17H,4-9H2,1-3H3. The molecule has 0 spiro atoms. The summed E-state index contributed by atoms with van der Waals surface area (Å²) in [5, 5.41) is 14.5. The summed E-state index contributed by atoms with van der Waals surface area (Å²) in [6.45, 7) is 7.80. The van der Waals surface area contributed by atoms with Gasteiger partial charge in [0.15, 0.2) is 0 Å². The number of hydrogen-bond donors (Lipinski definition) is 1. The average Bonchev–Trinajstić information content (AvgIpc) is 2.95. The van der Waals surface area contributed by atoms with E-state index >= 15 is 0 Å². The number of aliphatic hydroxyl groups excluding tert-OH is 1. The van der Waals surface area contributed by atoms with Gasteiger partial charge in [0.1, 0.15) is 0 Å². The van der Waals surface area contributed by atoms with Crippen molar-refractivity contribution in [3.05, 3.63) is 17.0 Å². The smallest absolute Gasteiger partial charge is 0.0823 e. The normalized spacial score (nSPS) is 21.4. The van der Waals surface area contributed by atoms with Crippen molar-refractivity contribution in [1.82, 2.24) is 9.78 Å². The third-order valence-electron chi connectivity index (χ3n) is 3.84. The molecule has 0 saturated carbocycles. The number of aryl methyl sites for hydroxylation is 2. The molecule has 4 nitrogen and oxygen atoms in total. The molecule has 0 radical (unpaired) electrons. The molecule has 2 rings (SSSR count). The fourth-order valence-electron chi connectivity index (χ4n) is 2.75. The molecule has 2 atom stereocenters. The number of nitrogens with zero attached hydrogens (tertiary/aromatic N) is 2. The second kappa shape index (κ2) is 5.85. The predicted octanol–water partition coefficient (Wildman–Crippen LogP) is 2.51. The van der Waals surface area contributed by atoms with E-state index < -0.39 is 0 Å². The molecule has 0 aliphatic carbocycles. The van der Waals surface area contributed by atoms with Gasteiger partial charge in [-0.05, 0) is 39.5 Å². The molecule has 0 bridgehead atoms. The average molecular weight is 252 g/mol. The van der Waals surface area contributed by atoms with Crippen LogP contribution in [0.2, 0.25) is 0 Å². The summed E-state index contributed by atoms with van der Waals surface area (Å²) in [6, 6.07) is 0. The van der Waals surface area contributed by atoms with Crippen molar-refractivity contribution >= 4 is 0 Å². The van der Waals surface area contributed by atoms with E-state index in [0.29, 0.717) is 6.10 Å². The van der Waals surface area contributed by atoms with Gasteiger partial charge in [-0.2, -0.15) is 5.10 Å². The lowest BCUT2D eigenvalue weighted by atomic mass is 10.1. The Morgan fingerprint density at radius 1 is 1.50 bits per heavy atom. The van der Waals surface area contributed by atoms with Crippen molar-refractivity contribution in [3.8, 4) is 0 Å². The van der Waals surface area contributed by atoms with E-state index in [2.05, 4.69) is 5.10 Å². The maximum atomic E-state index is 10.0. The second-order valence-electron chi connectivity index (χ2n) is 5.16. The van der Waals surface area contributed by atoms with Crippen LogP contribution < -0.4 is 0 Å². The number of aliphatic hydroxyl groups is 1. The Hall–Kier alpha value is -0.870. The van der Waals surface area contributed by atoms with Crippen molar-refractivity contribution in [2.75, 3.05) is 6.61 Å². The lowest BCUT2D eigenvalue weighted by Gasteiger charge is -2.11. The van der Waals surface area contributed by atoms with Crippen LogP contribution >= 0.6 is 0 Å². The number of ether oxygens (including phenoxy) is 1. The van der Waals surface area contributed by atoms with Gasteiger partial charge in [-0.15, -0.1) is 0 Å². The molecule has 4 heteroatoms. The van der Waals surface area contributed by atoms with Crippen LogP contribution in [0.15, 0.2) is 0 Å². The summed E-state index contributed by atoms with van der Waals surface area (Å²) in [5.74, 6) is 0. The number of hydrogen-bond acceptors (Lipinski definition) is 3. The van der Waals surface area contributed by atoms with Crippen LogP contribution in [0.3, 0.4) is 0 Å². The maximum absolute atomic E-state index is 10.0. The van der Waals surface area contributed by atoms with Crippen molar-refractivity contribution in [2.45, 2.75) is 65.2 Å². The van der Waals surface area contributed by atoms with E-state index in [9.17, 15) is 5.11 Å². The summed E-state index contributed by atoms with van der Waals surface area (Å²) in [5.41, 5.74) is 3.05.